The molecule has 2 aromatic rings. The minimum Gasteiger partial charge on any atom is -0.0834 e. The molecule has 0 heteroatoms. The molecule has 0 aliphatic heterocycles. The molecular formula is C21H20. The number of hydrogen-bond donors (Lipinski definition) is 0. The van der Waals surface area contributed by atoms with Gasteiger partial charge < -0.3 is 0 Å². The lowest BCUT2D eigenvalue weighted by molar-refractivity contribution is 0.559. The van der Waals surface area contributed by atoms with Crippen LogP contribution in [0.15, 0.2) is 85.0 Å². The fourth-order valence-electron chi connectivity index (χ4n) is 2.57. The predicted molar refractivity (Wildman–Crippen MR) is 91.9 cm³/mol. The fourth-order valence-corrected chi connectivity index (χ4v) is 2.57. The zero-order valence-corrected chi connectivity index (χ0v) is 12.4. The molecule has 1 atom stereocenters. The smallest absolute Gasteiger partial charge is 0.00736 e. The van der Waals surface area contributed by atoms with Gasteiger partial charge in [0.2, 0.25) is 0 Å². The van der Waals surface area contributed by atoms with E-state index in [0.717, 1.165) is 6.42 Å². The molecule has 2 aromatic carbocycles. The quantitative estimate of drug-likeness (QED) is 0.653. The summed E-state index contributed by atoms with van der Waals surface area (Å²) in [5.74, 6) is 0. The summed E-state index contributed by atoms with van der Waals surface area (Å²) >= 11 is 0. The average Bonchev–Trinajstić information content (AvgIpc) is 2.55. The summed E-state index contributed by atoms with van der Waals surface area (Å²) in [6, 6.07) is 19.2. The Morgan fingerprint density at radius 3 is 2.24 bits per heavy atom. The van der Waals surface area contributed by atoms with Crippen molar-refractivity contribution in [2.24, 2.45) is 5.41 Å². The summed E-state index contributed by atoms with van der Waals surface area (Å²) in [6.07, 6.45) is 14.3. The lowest BCUT2D eigenvalue weighted by Crippen LogP contribution is -2.09. The van der Waals surface area contributed by atoms with E-state index in [1.165, 1.54) is 16.7 Å². The third kappa shape index (κ3) is 3.41. The van der Waals surface area contributed by atoms with Crippen molar-refractivity contribution >= 4 is 6.08 Å². The minimum absolute atomic E-state index is 0.146. The molecule has 1 aliphatic rings. The lowest BCUT2D eigenvalue weighted by atomic mass is 9.83. The molecule has 0 fully saturated rings. The molecule has 0 amide bonds. The Morgan fingerprint density at radius 1 is 0.857 bits per heavy atom. The first-order valence-electron chi connectivity index (χ1n) is 7.44. The van der Waals surface area contributed by atoms with Gasteiger partial charge in [-0.2, -0.15) is 0 Å². The van der Waals surface area contributed by atoms with Crippen LogP contribution >= 0.6 is 0 Å². The van der Waals surface area contributed by atoms with Crippen molar-refractivity contribution in [1.82, 2.24) is 0 Å². The normalized spacial score (nSPS) is 21.0. The van der Waals surface area contributed by atoms with Crippen molar-refractivity contribution in [2.45, 2.75) is 13.3 Å². The van der Waals surface area contributed by atoms with E-state index >= 15 is 0 Å². The second-order valence-corrected chi connectivity index (χ2v) is 5.82. The molecule has 0 N–H and O–H groups in total. The van der Waals surface area contributed by atoms with E-state index in [1.54, 1.807) is 0 Å². The molecule has 104 valence electrons. The largest absolute Gasteiger partial charge is 0.0834 e. The van der Waals surface area contributed by atoms with E-state index in [4.69, 9.17) is 0 Å². The van der Waals surface area contributed by atoms with Crippen molar-refractivity contribution in [3.8, 4) is 11.1 Å². The van der Waals surface area contributed by atoms with Gasteiger partial charge in [0.25, 0.3) is 0 Å². The summed E-state index contributed by atoms with van der Waals surface area (Å²) in [5, 5.41) is 0. The molecular weight excluding hydrogens is 252 g/mol. The van der Waals surface area contributed by atoms with Crippen molar-refractivity contribution in [1.29, 1.82) is 0 Å². The molecule has 3 rings (SSSR count). The molecule has 0 aromatic heterocycles. The zero-order valence-electron chi connectivity index (χ0n) is 12.4. The molecule has 1 aliphatic carbocycles. The molecule has 0 heterocycles. The highest BCUT2D eigenvalue weighted by molar-refractivity contribution is 5.65. The molecule has 0 spiro atoms. The first-order chi connectivity index (χ1) is 10.3. The number of benzene rings is 2. The van der Waals surface area contributed by atoms with Crippen LogP contribution < -0.4 is 0 Å². The second-order valence-electron chi connectivity index (χ2n) is 5.82. The summed E-state index contributed by atoms with van der Waals surface area (Å²) in [5.41, 5.74) is 3.92. The molecule has 0 saturated carbocycles. The SMILES string of the molecule is CC1(C=Cc2ccc(-c3ccccc3)cc2)C=CC=CC1. The molecule has 21 heavy (non-hydrogen) atoms. The first-order valence-corrected chi connectivity index (χ1v) is 7.44. The highest BCUT2D eigenvalue weighted by atomic mass is 14.2. The maximum Gasteiger partial charge on any atom is 0.00736 e. The summed E-state index contributed by atoms with van der Waals surface area (Å²) < 4.78 is 0. The summed E-state index contributed by atoms with van der Waals surface area (Å²) in [6.45, 7) is 2.27. The Bertz CT molecular complexity index is 672. The maximum atomic E-state index is 2.30. The summed E-state index contributed by atoms with van der Waals surface area (Å²) in [7, 11) is 0. The van der Waals surface area contributed by atoms with E-state index in [9.17, 15) is 0 Å². The Hall–Kier alpha value is -2.34. The lowest BCUT2D eigenvalue weighted by Gasteiger charge is -2.21. The minimum atomic E-state index is 0.146. The fraction of sp³-hybridized carbons (Fsp3) is 0.143. The van der Waals surface area contributed by atoms with Gasteiger partial charge in [-0.1, -0.05) is 98.0 Å². The van der Waals surface area contributed by atoms with Crippen LogP contribution in [0.5, 0.6) is 0 Å². The van der Waals surface area contributed by atoms with E-state index in [2.05, 4.69) is 91.9 Å². The molecule has 0 radical (unpaired) electrons. The molecule has 0 bridgehead atoms. The molecule has 1 unspecified atom stereocenters. The van der Waals surface area contributed by atoms with E-state index in [-0.39, 0.29) is 5.41 Å². The predicted octanol–water partition coefficient (Wildman–Crippen LogP) is 5.89. The zero-order chi connectivity index (χ0) is 14.5. The van der Waals surface area contributed by atoms with Gasteiger partial charge in [0.15, 0.2) is 0 Å². The van der Waals surface area contributed by atoms with Crippen molar-refractivity contribution in [3.63, 3.8) is 0 Å². The average molecular weight is 272 g/mol. The Morgan fingerprint density at radius 2 is 1.57 bits per heavy atom. The van der Waals surface area contributed by atoms with Gasteiger partial charge in [-0.05, 0) is 23.1 Å². The van der Waals surface area contributed by atoms with Crippen LogP contribution in [-0.4, -0.2) is 0 Å². The van der Waals surface area contributed by atoms with Gasteiger partial charge in [0.1, 0.15) is 0 Å². The van der Waals surface area contributed by atoms with Gasteiger partial charge in [0, 0.05) is 5.41 Å². The third-order valence-corrected chi connectivity index (χ3v) is 3.96. The Labute approximate surface area is 127 Å². The van der Waals surface area contributed by atoms with Gasteiger partial charge in [-0.3, -0.25) is 0 Å². The van der Waals surface area contributed by atoms with Crippen LogP contribution in [0.2, 0.25) is 0 Å². The van der Waals surface area contributed by atoms with Crippen LogP contribution in [0, 0.1) is 5.41 Å². The van der Waals surface area contributed by atoms with E-state index < -0.39 is 0 Å². The van der Waals surface area contributed by atoms with E-state index in [0.29, 0.717) is 0 Å². The highest BCUT2D eigenvalue weighted by Gasteiger charge is 2.16. The van der Waals surface area contributed by atoms with E-state index in [1.807, 2.05) is 6.07 Å². The Kier molecular flexibility index (Phi) is 3.87. The van der Waals surface area contributed by atoms with Gasteiger partial charge in [0.05, 0.1) is 0 Å². The maximum absolute atomic E-state index is 2.30. The van der Waals surface area contributed by atoms with Crippen molar-refractivity contribution in [2.75, 3.05) is 0 Å². The van der Waals surface area contributed by atoms with Gasteiger partial charge in [-0.15, -0.1) is 0 Å². The van der Waals surface area contributed by atoms with Crippen LogP contribution in [0.4, 0.5) is 0 Å². The first kappa shape index (κ1) is 13.6. The Balaban J connectivity index is 1.76. The number of hydrogen-bond acceptors (Lipinski definition) is 0. The summed E-state index contributed by atoms with van der Waals surface area (Å²) in [4.78, 5) is 0. The van der Waals surface area contributed by atoms with Gasteiger partial charge in [-0.25, -0.2) is 0 Å². The van der Waals surface area contributed by atoms with Crippen LogP contribution in [-0.2, 0) is 0 Å². The molecule has 0 saturated heterocycles. The standard InChI is InChI=1S/C21H20/c1-21(15-6-3-7-16-21)17-14-18-10-12-20(13-11-18)19-8-4-2-5-9-19/h2-15,17H,16H2,1H3. The highest BCUT2D eigenvalue weighted by Crippen LogP contribution is 2.29. The van der Waals surface area contributed by atoms with Crippen molar-refractivity contribution in [3.05, 3.63) is 90.5 Å². The number of allylic oxidation sites excluding steroid dienone is 5. The van der Waals surface area contributed by atoms with Crippen LogP contribution in [0.3, 0.4) is 0 Å². The van der Waals surface area contributed by atoms with Crippen LogP contribution in [0.25, 0.3) is 17.2 Å². The van der Waals surface area contributed by atoms with Gasteiger partial charge >= 0.3 is 0 Å². The second kappa shape index (κ2) is 5.97. The topological polar surface area (TPSA) is 0 Å². The molecule has 0 nitrogen and oxygen atoms in total. The third-order valence-electron chi connectivity index (χ3n) is 3.96. The monoisotopic (exact) mass is 272 g/mol. The number of rotatable bonds is 3. The van der Waals surface area contributed by atoms with Crippen molar-refractivity contribution < 1.29 is 0 Å². The van der Waals surface area contributed by atoms with Crippen LogP contribution in [0.1, 0.15) is 18.9 Å².